The van der Waals surface area contributed by atoms with E-state index in [4.69, 9.17) is 4.74 Å². The van der Waals surface area contributed by atoms with Crippen LogP contribution >= 0.6 is 0 Å². The van der Waals surface area contributed by atoms with Crippen LogP contribution in [-0.2, 0) is 4.74 Å². The quantitative estimate of drug-likeness (QED) is 0.658. The summed E-state index contributed by atoms with van der Waals surface area (Å²) >= 11 is 0. The Balaban J connectivity index is 1.58. The van der Waals surface area contributed by atoms with Gasteiger partial charge in [0.1, 0.15) is 0 Å². The van der Waals surface area contributed by atoms with Crippen molar-refractivity contribution in [3.63, 3.8) is 0 Å². The van der Waals surface area contributed by atoms with Crippen molar-refractivity contribution in [1.29, 1.82) is 0 Å². The topological polar surface area (TPSA) is 24.5 Å². The average Bonchev–Trinajstić information content (AvgIpc) is 2.40. The van der Waals surface area contributed by atoms with E-state index in [0.29, 0.717) is 0 Å². The van der Waals surface area contributed by atoms with Gasteiger partial charge in [-0.05, 0) is 70.6 Å². The second-order valence-electron chi connectivity index (χ2n) is 7.14. The van der Waals surface area contributed by atoms with E-state index >= 15 is 0 Å². The molecule has 2 fully saturated rings. The lowest BCUT2D eigenvalue weighted by Gasteiger charge is -2.42. The molecule has 1 saturated carbocycles. The summed E-state index contributed by atoms with van der Waals surface area (Å²) in [6.45, 7) is 11.4. The van der Waals surface area contributed by atoms with Crippen molar-refractivity contribution in [1.82, 2.24) is 10.2 Å². The van der Waals surface area contributed by atoms with E-state index in [9.17, 15) is 0 Å². The Morgan fingerprint density at radius 2 is 1.85 bits per heavy atom. The van der Waals surface area contributed by atoms with Gasteiger partial charge in [0.05, 0.1) is 12.2 Å². The lowest BCUT2D eigenvalue weighted by molar-refractivity contribution is -0.109. The van der Waals surface area contributed by atoms with Gasteiger partial charge in [0, 0.05) is 6.54 Å². The maximum atomic E-state index is 6.29. The van der Waals surface area contributed by atoms with E-state index in [1.54, 1.807) is 0 Å². The first-order valence-electron chi connectivity index (χ1n) is 8.77. The molecule has 0 spiro atoms. The molecular formula is C17H34N2O. The van der Waals surface area contributed by atoms with E-state index in [-0.39, 0.29) is 5.60 Å². The Morgan fingerprint density at radius 3 is 2.45 bits per heavy atom. The molecule has 0 atom stereocenters. The summed E-state index contributed by atoms with van der Waals surface area (Å²) < 4.78 is 6.29. The molecule has 0 unspecified atom stereocenters. The van der Waals surface area contributed by atoms with Gasteiger partial charge in [-0.15, -0.1) is 0 Å². The van der Waals surface area contributed by atoms with Crippen LogP contribution in [0.25, 0.3) is 0 Å². The largest absolute Gasteiger partial charge is 0.374 e. The summed E-state index contributed by atoms with van der Waals surface area (Å²) in [5, 5.41) is 3.56. The van der Waals surface area contributed by atoms with Gasteiger partial charge in [-0.1, -0.05) is 20.3 Å². The second-order valence-corrected chi connectivity index (χ2v) is 7.14. The highest BCUT2D eigenvalue weighted by molar-refractivity contribution is 4.90. The van der Waals surface area contributed by atoms with Crippen molar-refractivity contribution in [2.24, 2.45) is 5.92 Å². The van der Waals surface area contributed by atoms with Gasteiger partial charge in [0.15, 0.2) is 0 Å². The smallest absolute Gasteiger partial charge is 0.0695 e. The Hall–Kier alpha value is -0.120. The molecule has 3 heteroatoms. The number of ether oxygens (including phenoxy) is 1. The molecule has 1 heterocycles. The highest BCUT2D eigenvalue weighted by Crippen LogP contribution is 2.38. The zero-order chi connectivity index (χ0) is 14.3. The molecule has 20 heavy (non-hydrogen) atoms. The molecule has 2 rings (SSSR count). The fourth-order valence-corrected chi connectivity index (χ4v) is 3.32. The molecule has 1 aliphatic carbocycles. The molecule has 0 radical (unpaired) electrons. The van der Waals surface area contributed by atoms with Crippen LogP contribution in [-0.4, -0.2) is 49.8 Å². The molecule has 0 aromatic carbocycles. The van der Waals surface area contributed by atoms with Gasteiger partial charge in [-0.25, -0.2) is 0 Å². The van der Waals surface area contributed by atoms with Crippen molar-refractivity contribution in [3.05, 3.63) is 0 Å². The molecule has 3 nitrogen and oxygen atoms in total. The Labute approximate surface area is 125 Å². The van der Waals surface area contributed by atoms with Crippen molar-refractivity contribution >= 4 is 0 Å². The minimum atomic E-state index is 0.222. The van der Waals surface area contributed by atoms with E-state index < -0.39 is 0 Å². The van der Waals surface area contributed by atoms with Gasteiger partial charge in [0.25, 0.3) is 0 Å². The van der Waals surface area contributed by atoms with Crippen LogP contribution in [0, 0.1) is 5.92 Å². The van der Waals surface area contributed by atoms with Crippen molar-refractivity contribution < 1.29 is 4.74 Å². The van der Waals surface area contributed by atoms with E-state index in [1.807, 2.05) is 0 Å². The molecule has 0 amide bonds. The van der Waals surface area contributed by atoms with Crippen LogP contribution in [0.3, 0.4) is 0 Å². The molecular weight excluding hydrogens is 248 g/mol. The predicted octanol–water partition coefficient (Wildman–Crippen LogP) is 3.05. The van der Waals surface area contributed by atoms with Crippen LogP contribution in [0.2, 0.25) is 0 Å². The first-order chi connectivity index (χ1) is 9.70. The third-order valence-corrected chi connectivity index (χ3v) is 4.84. The average molecular weight is 282 g/mol. The van der Waals surface area contributed by atoms with Crippen molar-refractivity contribution in [2.75, 3.05) is 39.3 Å². The summed E-state index contributed by atoms with van der Waals surface area (Å²) in [6.07, 6.45) is 9.28. The summed E-state index contributed by atoms with van der Waals surface area (Å²) in [7, 11) is 0. The lowest BCUT2D eigenvalue weighted by atomic mass is 9.77. The molecule has 118 valence electrons. The molecule has 0 aromatic heterocycles. The van der Waals surface area contributed by atoms with Crippen LogP contribution in [0.15, 0.2) is 0 Å². The molecule has 1 aliphatic heterocycles. The van der Waals surface area contributed by atoms with Gasteiger partial charge in [-0.3, -0.25) is 0 Å². The fraction of sp³-hybridized carbons (Fsp3) is 1.00. The summed E-state index contributed by atoms with van der Waals surface area (Å²) in [5.74, 6) is 0.743. The highest BCUT2D eigenvalue weighted by atomic mass is 16.5. The third kappa shape index (κ3) is 5.34. The molecule has 0 aromatic rings. The minimum absolute atomic E-state index is 0.222. The summed E-state index contributed by atoms with van der Waals surface area (Å²) in [6, 6.07) is 0. The standard InChI is InChI=1S/C17H34N2O/c1-16(2)15-18-10-9-17(7-6-8-17)20-14-13-19-11-4-3-5-12-19/h16,18H,3-15H2,1-2H3. The van der Waals surface area contributed by atoms with Crippen molar-refractivity contribution in [2.45, 2.75) is 64.4 Å². The number of hydrogen-bond donors (Lipinski definition) is 1. The van der Waals surface area contributed by atoms with Gasteiger partial charge in [-0.2, -0.15) is 0 Å². The van der Waals surface area contributed by atoms with E-state index in [2.05, 4.69) is 24.1 Å². The molecule has 2 aliphatic rings. The number of rotatable bonds is 9. The first-order valence-corrected chi connectivity index (χ1v) is 8.77. The summed E-state index contributed by atoms with van der Waals surface area (Å²) in [5.41, 5.74) is 0.222. The fourth-order valence-electron chi connectivity index (χ4n) is 3.32. The first kappa shape index (κ1) is 16.3. The Kier molecular flexibility index (Phi) is 6.79. The van der Waals surface area contributed by atoms with Gasteiger partial charge >= 0.3 is 0 Å². The number of nitrogens with one attached hydrogen (secondary N) is 1. The van der Waals surface area contributed by atoms with Crippen molar-refractivity contribution in [3.8, 4) is 0 Å². The van der Waals surface area contributed by atoms with E-state index in [1.165, 1.54) is 58.0 Å². The summed E-state index contributed by atoms with van der Waals surface area (Å²) in [4.78, 5) is 2.58. The van der Waals surface area contributed by atoms with Gasteiger partial charge < -0.3 is 15.0 Å². The van der Waals surface area contributed by atoms with Crippen LogP contribution in [0.5, 0.6) is 0 Å². The minimum Gasteiger partial charge on any atom is -0.374 e. The molecule has 0 bridgehead atoms. The number of piperidine rings is 1. The normalized spacial score (nSPS) is 22.9. The number of likely N-dealkylation sites (tertiary alicyclic amines) is 1. The Morgan fingerprint density at radius 1 is 1.10 bits per heavy atom. The zero-order valence-electron chi connectivity index (χ0n) is 13.6. The number of nitrogens with zero attached hydrogens (tertiary/aromatic N) is 1. The van der Waals surface area contributed by atoms with Crippen LogP contribution in [0.1, 0.15) is 58.8 Å². The van der Waals surface area contributed by atoms with Crippen LogP contribution < -0.4 is 5.32 Å². The predicted molar refractivity (Wildman–Crippen MR) is 85.1 cm³/mol. The van der Waals surface area contributed by atoms with Gasteiger partial charge in [0.2, 0.25) is 0 Å². The second kappa shape index (κ2) is 8.35. The maximum absolute atomic E-state index is 6.29. The third-order valence-electron chi connectivity index (χ3n) is 4.84. The SMILES string of the molecule is CC(C)CNCCC1(OCCN2CCCCC2)CCC1. The monoisotopic (exact) mass is 282 g/mol. The zero-order valence-corrected chi connectivity index (χ0v) is 13.6. The molecule has 1 saturated heterocycles. The van der Waals surface area contributed by atoms with Crippen LogP contribution in [0.4, 0.5) is 0 Å². The maximum Gasteiger partial charge on any atom is 0.0695 e. The molecule has 1 N–H and O–H groups in total. The van der Waals surface area contributed by atoms with E-state index in [0.717, 1.165) is 32.2 Å². The number of hydrogen-bond acceptors (Lipinski definition) is 3. The lowest BCUT2D eigenvalue weighted by Crippen LogP contribution is -2.44. The Bertz CT molecular complexity index is 258. The highest BCUT2D eigenvalue weighted by Gasteiger charge is 2.37.